The van der Waals surface area contributed by atoms with Gasteiger partial charge in [0, 0.05) is 47.5 Å². The fourth-order valence-corrected chi connectivity index (χ4v) is 28.8. The topological polar surface area (TPSA) is 301 Å². The molecule has 0 radical (unpaired) electrons. The van der Waals surface area contributed by atoms with E-state index in [0.717, 1.165) is 37.4 Å². The molecule has 7 aromatic carbocycles. The lowest BCUT2D eigenvalue weighted by molar-refractivity contribution is -0.370. The summed E-state index contributed by atoms with van der Waals surface area (Å²) >= 11 is 0. The first-order valence-electron chi connectivity index (χ1n) is 45.1. The molecule has 6 aliphatic rings. The molecule has 0 amide bonds. The van der Waals surface area contributed by atoms with Crippen LogP contribution in [0.15, 0.2) is 223 Å². The van der Waals surface area contributed by atoms with E-state index in [4.69, 9.17) is 84.6 Å². The molecule has 28 heteroatoms. The van der Waals surface area contributed by atoms with Crippen LogP contribution in [0.3, 0.4) is 0 Å². The summed E-state index contributed by atoms with van der Waals surface area (Å²) in [4.78, 5) is 19.7. The van der Waals surface area contributed by atoms with Crippen LogP contribution in [0.2, 0.25) is 10.1 Å². The molecule has 0 saturated carbocycles. The van der Waals surface area contributed by atoms with E-state index < -0.39 is 199 Å². The van der Waals surface area contributed by atoms with Gasteiger partial charge >= 0.3 is 5.97 Å². The smallest absolute Gasteiger partial charge is 0.302 e. The van der Waals surface area contributed by atoms with Gasteiger partial charge in [0.2, 0.25) is 0 Å². The van der Waals surface area contributed by atoms with Gasteiger partial charge in [0.05, 0.1) is 100 Å². The molecule has 0 bridgehead atoms. The van der Waals surface area contributed by atoms with Gasteiger partial charge in [-0.2, -0.15) is 0 Å². The van der Waals surface area contributed by atoms with Crippen molar-refractivity contribution in [2.75, 3.05) is 26.9 Å². The van der Waals surface area contributed by atoms with Crippen LogP contribution in [0.25, 0.3) is 20.9 Å². The molecule has 127 heavy (non-hydrogen) atoms. The normalized spacial score (nSPS) is 33.9. The second kappa shape index (κ2) is 43.6. The zero-order chi connectivity index (χ0) is 90.5. The van der Waals surface area contributed by atoms with E-state index in [1.807, 2.05) is 181 Å². The van der Waals surface area contributed by atoms with Gasteiger partial charge in [-0.25, -0.2) is 0 Å². The summed E-state index contributed by atoms with van der Waals surface area (Å²) in [5.41, 5.74) is 24.2. The van der Waals surface area contributed by atoms with Gasteiger partial charge in [0.1, 0.15) is 43.2 Å². The maximum atomic E-state index is 12.8. The van der Waals surface area contributed by atoms with E-state index in [1.54, 1.807) is 14.0 Å². The lowest BCUT2D eigenvalue weighted by Gasteiger charge is -2.52. The number of nitrogens with zero attached hydrogens (tertiary/aromatic N) is 6. The zero-order valence-electron chi connectivity index (χ0n) is 76.7. The first kappa shape index (κ1) is 96.9. The molecule has 6 heterocycles. The summed E-state index contributed by atoms with van der Waals surface area (Å²) in [5, 5.41) is 24.1. The van der Waals surface area contributed by atoms with Gasteiger partial charge in [-0.05, 0) is 97.1 Å². The molecule has 1 N–H and O–H groups in total. The second-order valence-corrected chi connectivity index (χ2v) is 46.0. The molecule has 0 spiro atoms. The van der Waals surface area contributed by atoms with Crippen molar-refractivity contribution in [3.63, 3.8) is 0 Å². The average molecular weight is 1780 g/mol. The van der Waals surface area contributed by atoms with Crippen molar-refractivity contribution in [2.24, 2.45) is 51.7 Å². The zero-order valence-corrected chi connectivity index (χ0v) is 78.7. The van der Waals surface area contributed by atoms with E-state index in [9.17, 15) is 21.0 Å². The molecular weight excluding hydrogens is 1650 g/mol. The Bertz CT molecular complexity index is 4570. The third-order valence-corrected chi connectivity index (χ3v) is 36.9. The Labute approximate surface area is 751 Å². The van der Waals surface area contributed by atoms with E-state index in [2.05, 4.69) is 155 Å². The summed E-state index contributed by atoms with van der Waals surface area (Å²) < 4.78 is 128. The molecule has 0 aliphatic carbocycles. The van der Waals surface area contributed by atoms with Crippen molar-refractivity contribution in [3.8, 4) is 0 Å². The summed E-state index contributed by atoms with van der Waals surface area (Å²) in [7, 11) is -4.81. The predicted molar refractivity (Wildman–Crippen MR) is 485 cm³/mol. The molecule has 6 fully saturated rings. The number of rotatable bonds is 34. The van der Waals surface area contributed by atoms with Crippen LogP contribution in [0, 0.1) is 41.4 Å². The second-order valence-electron chi connectivity index (χ2n) is 37.4. The van der Waals surface area contributed by atoms with Gasteiger partial charge in [-0.15, -0.1) is 0 Å². The number of aliphatic hydroxyl groups is 1. The van der Waals surface area contributed by atoms with Crippen LogP contribution in [0.1, 0.15) is 134 Å². The van der Waals surface area contributed by atoms with Gasteiger partial charge < -0.3 is 89.7 Å². The van der Waals surface area contributed by atoms with Gasteiger partial charge in [-0.3, -0.25) is 4.79 Å². The van der Waals surface area contributed by atoms with Gasteiger partial charge in [0.15, 0.2) is 37.7 Å². The Hall–Kier alpha value is -7.66. The van der Waals surface area contributed by atoms with E-state index >= 15 is 0 Å². The highest BCUT2D eigenvalue weighted by molar-refractivity contribution is 7.00. The molecule has 6 saturated heterocycles. The summed E-state index contributed by atoms with van der Waals surface area (Å²) in [5.74, 6) is -3.90. The molecule has 0 aromatic heterocycles. The minimum Gasteiger partial charge on any atom is -0.463 e. The number of azide groups is 2. The molecule has 13 rings (SSSR count). The number of carbonyl (C=O) groups is 1. The van der Waals surface area contributed by atoms with Crippen molar-refractivity contribution >= 4 is 43.4 Å². The highest BCUT2D eigenvalue weighted by atomic mass is 28.4. The number of esters is 1. The number of ether oxygens (including phenoxy) is 16. The molecule has 6 aliphatic heterocycles. The van der Waals surface area contributed by atoms with Gasteiger partial charge in [0.25, 0.3) is 16.6 Å². The Morgan fingerprint density at radius 3 is 0.976 bits per heavy atom. The number of benzene rings is 7. The van der Waals surface area contributed by atoms with Crippen molar-refractivity contribution in [3.05, 3.63) is 250 Å². The largest absolute Gasteiger partial charge is 0.463 e. The van der Waals surface area contributed by atoms with Crippen molar-refractivity contribution in [1.82, 2.24) is 0 Å². The Morgan fingerprint density at radius 2 is 0.654 bits per heavy atom. The Kier molecular flexibility index (Phi) is 33.3. The number of carbonyl (C=O) groups excluding carboxylic acids is 1. The first-order valence-corrected chi connectivity index (χ1v) is 48.9. The summed E-state index contributed by atoms with van der Waals surface area (Å²) in [6, 6.07) is 69.2. The van der Waals surface area contributed by atoms with E-state index in [1.165, 1.54) is 6.92 Å². The SMILES string of the molecule is CO[C@H]1OC(CO[Si](c2ccccc2)(c2ccccc2)C(C)(C)C)[C@@H](O[C@@H]2OC(C)[C@@H](O[C@H]3OC(CO[Si](c4ccccc4)(c4ccccc4)C(C)(C)C)[C@@H](O[C@@H]4OC(C)[C@H](O[C@@H]5OC(COC(C)=O)[C@@H](O[C@@H]6OC(C)[C@@H](O)[C@@H](OCc7ccccc7)C6C)[C@H](C)C5N=[N+]=[N-])[C@@H](OCc5ccccc5)C4C)[C@H](C)C3N=[N+]=[N-])[C@@H](OCc3ccccc3)C2C)[C@H](C)C1C. The van der Waals surface area contributed by atoms with E-state index in [0.29, 0.717) is 0 Å². The third-order valence-electron chi connectivity index (χ3n) is 26.9. The number of methoxy groups -OCH3 is 1. The standard InChI is InChI=1S/C99H132N6O20Si2/c1-60-61(2)92(108-18)118-79(58-113-126(98(12,13)14,74-46-32-22-33-47-74)75-48-34-23-35-49-75)84(60)121-94-65(6)88(111-55-72-42-28-20-29-43-72)91(68(9)116-94)125-97-82(103-105-101)63(4)86(80(120-97)59-114-127(99(15,16)17,76-50-36-24-37-51-76)77-52-38-25-39-53-77)123-95-66(7)89(112-56-73-44-30-21-31-45-73)90(69(10)117-95)124-96-81(102-104-100)62(3)85(78(119-96)57-109-70(11)106)122-93-64(5)87(83(107)67(8)115-93)110-54-71-40-26-19-27-41-71/h19-53,60-69,78-97,107H,54-59H2,1-18H3/t60-,61?,62-,63-,64?,65?,66?,67?,68?,69?,78?,79?,80?,81?,82?,83-,84+,85+,86+,87+,88+,89+,90+,91-,92+,93+,94+,95+,96+,97-/m1/s1. The third kappa shape index (κ3) is 21.9. The van der Waals surface area contributed by atoms with Crippen LogP contribution in [-0.2, 0) is 109 Å². The quantitative estimate of drug-likeness (QED) is 0.0129. The molecule has 686 valence electrons. The molecule has 26 nitrogen and oxygen atoms in total. The summed E-state index contributed by atoms with van der Waals surface area (Å²) in [6.07, 6.45) is -18.6. The van der Waals surface area contributed by atoms with Crippen LogP contribution in [0.4, 0.5) is 0 Å². The monoisotopic (exact) mass is 1780 g/mol. The van der Waals surface area contributed by atoms with Gasteiger partial charge in [-0.1, -0.05) is 313 Å². The Morgan fingerprint density at radius 1 is 0.362 bits per heavy atom. The maximum Gasteiger partial charge on any atom is 0.302 e. The number of hydrogen-bond donors (Lipinski definition) is 1. The highest BCUT2D eigenvalue weighted by Crippen LogP contribution is 2.47. The number of aliphatic hydroxyl groups excluding tert-OH is 1. The van der Waals surface area contributed by atoms with Crippen molar-refractivity contribution < 1.29 is 94.5 Å². The number of hydrogen-bond acceptors (Lipinski definition) is 22. The minimum atomic E-state index is -3.39. The molecule has 12 unspecified atom stereocenters. The minimum absolute atomic E-state index is 0.0457. The van der Waals surface area contributed by atoms with Crippen LogP contribution in [-0.4, -0.2) is 196 Å². The first-order chi connectivity index (χ1) is 61.0. The fourth-order valence-electron chi connectivity index (χ4n) is 19.7. The summed E-state index contributed by atoms with van der Waals surface area (Å²) in [6.45, 7) is 34.8. The van der Waals surface area contributed by atoms with Crippen LogP contribution < -0.4 is 20.7 Å². The Balaban J connectivity index is 0.821. The molecule has 30 atom stereocenters. The lowest BCUT2D eigenvalue weighted by Crippen LogP contribution is -2.68. The fraction of sp³-hybridized carbons (Fsp3) is 0.566. The van der Waals surface area contributed by atoms with E-state index in [-0.39, 0.29) is 56.5 Å². The van der Waals surface area contributed by atoms with Crippen LogP contribution in [0.5, 0.6) is 0 Å². The molecular formula is C99H132N6O20Si2. The van der Waals surface area contributed by atoms with Crippen molar-refractivity contribution in [2.45, 2.75) is 289 Å². The molecule has 7 aromatic rings. The highest BCUT2D eigenvalue weighted by Gasteiger charge is 2.60. The lowest BCUT2D eigenvalue weighted by atomic mass is 9.84. The van der Waals surface area contributed by atoms with Crippen LogP contribution >= 0.6 is 0 Å². The van der Waals surface area contributed by atoms with Crippen molar-refractivity contribution in [1.29, 1.82) is 0 Å². The maximum absolute atomic E-state index is 12.8. The predicted octanol–water partition coefficient (Wildman–Crippen LogP) is 15.6. The average Bonchev–Trinajstić information content (AvgIpc) is 0.744.